The molecule has 5 N–H and O–H groups in total. The molecule has 0 heterocycles. The molecule has 0 saturated carbocycles. The summed E-state index contributed by atoms with van der Waals surface area (Å²) >= 11 is 0. The largest absolute Gasteiger partial charge is 0.485 e. The van der Waals surface area contributed by atoms with Gasteiger partial charge < -0.3 is 30.9 Å². The second kappa shape index (κ2) is 16.6. The van der Waals surface area contributed by atoms with E-state index < -0.39 is 35.9 Å². The van der Waals surface area contributed by atoms with E-state index in [-0.39, 0.29) is 13.0 Å². The summed E-state index contributed by atoms with van der Waals surface area (Å²) in [5.41, 5.74) is 9.18. The Balaban J connectivity index is 1.32. The first-order valence-electron chi connectivity index (χ1n) is 15.5. The van der Waals surface area contributed by atoms with Crippen LogP contribution in [0.15, 0.2) is 140 Å². The van der Waals surface area contributed by atoms with Crippen LogP contribution in [0.1, 0.15) is 38.7 Å². The second-order valence-corrected chi connectivity index (χ2v) is 11.2. The lowest BCUT2D eigenvalue weighted by Crippen LogP contribution is -2.52. The lowest BCUT2D eigenvalue weighted by Gasteiger charge is -2.26. The van der Waals surface area contributed by atoms with E-state index in [1.165, 1.54) is 0 Å². The Morgan fingerprint density at radius 3 is 1.71 bits per heavy atom. The SMILES string of the molecule is NC(=O)[C@H](Cc1ccc(OCc2ccccc2)c(OCc2ccccc2)c1)NC(=O)[C@H](O)[C@@H](NC(=O)c1ccccc1)c1ccccc1. The van der Waals surface area contributed by atoms with Gasteiger partial charge in [-0.25, -0.2) is 0 Å². The fraction of sp³-hybridized carbons (Fsp3) is 0.154. The fourth-order valence-electron chi connectivity index (χ4n) is 5.07. The van der Waals surface area contributed by atoms with E-state index in [4.69, 9.17) is 15.2 Å². The van der Waals surface area contributed by atoms with Crippen molar-refractivity contribution in [2.75, 3.05) is 0 Å². The van der Waals surface area contributed by atoms with Crippen LogP contribution in [-0.4, -0.2) is 35.0 Å². The van der Waals surface area contributed by atoms with Gasteiger partial charge >= 0.3 is 0 Å². The molecule has 0 saturated heterocycles. The summed E-state index contributed by atoms with van der Waals surface area (Å²) in [5, 5.41) is 16.6. The summed E-state index contributed by atoms with van der Waals surface area (Å²) in [7, 11) is 0. The third-order valence-electron chi connectivity index (χ3n) is 7.65. The van der Waals surface area contributed by atoms with E-state index in [0.29, 0.717) is 34.8 Å². The van der Waals surface area contributed by atoms with E-state index in [2.05, 4.69) is 10.6 Å². The molecule has 5 rings (SSSR count). The number of benzene rings is 5. The molecule has 0 aromatic heterocycles. The number of hydrogen-bond donors (Lipinski definition) is 4. The van der Waals surface area contributed by atoms with Crippen LogP contribution in [-0.2, 0) is 29.2 Å². The van der Waals surface area contributed by atoms with Crippen LogP contribution in [0.4, 0.5) is 0 Å². The molecule has 0 radical (unpaired) electrons. The summed E-state index contributed by atoms with van der Waals surface area (Å²) in [6.45, 7) is 0.604. The van der Waals surface area contributed by atoms with Gasteiger partial charge in [-0.05, 0) is 46.5 Å². The van der Waals surface area contributed by atoms with Gasteiger partial charge in [-0.15, -0.1) is 0 Å². The van der Waals surface area contributed by atoms with E-state index >= 15 is 0 Å². The van der Waals surface area contributed by atoms with Crippen molar-refractivity contribution in [1.82, 2.24) is 10.6 Å². The first-order valence-corrected chi connectivity index (χ1v) is 15.5. The van der Waals surface area contributed by atoms with Crippen LogP contribution in [0.25, 0.3) is 0 Å². The van der Waals surface area contributed by atoms with Crippen molar-refractivity contribution >= 4 is 17.7 Å². The molecule has 3 amide bonds. The minimum atomic E-state index is -1.74. The van der Waals surface area contributed by atoms with Gasteiger partial charge in [0, 0.05) is 12.0 Å². The van der Waals surface area contributed by atoms with Gasteiger partial charge in [-0.2, -0.15) is 0 Å². The Morgan fingerprint density at radius 1 is 0.625 bits per heavy atom. The van der Waals surface area contributed by atoms with Crippen molar-refractivity contribution in [3.63, 3.8) is 0 Å². The molecule has 5 aromatic rings. The van der Waals surface area contributed by atoms with Gasteiger partial charge in [0.2, 0.25) is 5.91 Å². The van der Waals surface area contributed by atoms with E-state index in [1.807, 2.05) is 60.7 Å². The average molecular weight is 644 g/mol. The van der Waals surface area contributed by atoms with Crippen molar-refractivity contribution in [3.05, 3.63) is 167 Å². The Bertz CT molecular complexity index is 1790. The first-order chi connectivity index (χ1) is 23.4. The van der Waals surface area contributed by atoms with Gasteiger partial charge in [0.05, 0.1) is 6.04 Å². The zero-order chi connectivity index (χ0) is 33.7. The maximum absolute atomic E-state index is 13.4. The minimum Gasteiger partial charge on any atom is -0.485 e. The highest BCUT2D eigenvalue weighted by Gasteiger charge is 2.32. The molecular weight excluding hydrogens is 606 g/mol. The van der Waals surface area contributed by atoms with Crippen LogP contribution in [0.3, 0.4) is 0 Å². The number of nitrogens with two attached hydrogens (primary N) is 1. The third-order valence-corrected chi connectivity index (χ3v) is 7.65. The summed E-state index contributed by atoms with van der Waals surface area (Å²) in [6, 6.07) is 39.5. The van der Waals surface area contributed by atoms with Crippen molar-refractivity contribution in [3.8, 4) is 11.5 Å². The minimum absolute atomic E-state index is 0.0147. The molecule has 0 aliphatic rings. The predicted octanol–water partition coefficient (Wildman–Crippen LogP) is 4.89. The van der Waals surface area contributed by atoms with E-state index in [0.717, 1.165) is 11.1 Å². The molecular formula is C39H37N3O6. The number of aliphatic hydroxyl groups is 1. The van der Waals surface area contributed by atoms with Gasteiger partial charge in [-0.3, -0.25) is 14.4 Å². The van der Waals surface area contributed by atoms with Crippen LogP contribution in [0, 0.1) is 0 Å². The van der Waals surface area contributed by atoms with Crippen LogP contribution < -0.4 is 25.8 Å². The zero-order valence-corrected chi connectivity index (χ0v) is 26.2. The molecule has 9 heteroatoms. The zero-order valence-electron chi connectivity index (χ0n) is 26.2. The van der Waals surface area contributed by atoms with Crippen LogP contribution in [0.5, 0.6) is 11.5 Å². The predicted molar refractivity (Wildman–Crippen MR) is 182 cm³/mol. The first kappa shape index (κ1) is 33.4. The highest BCUT2D eigenvalue weighted by Crippen LogP contribution is 2.31. The van der Waals surface area contributed by atoms with E-state index in [1.54, 1.807) is 78.9 Å². The van der Waals surface area contributed by atoms with E-state index in [9.17, 15) is 19.5 Å². The lowest BCUT2D eigenvalue weighted by atomic mass is 9.99. The molecule has 9 nitrogen and oxygen atoms in total. The number of primary amides is 1. The number of carbonyl (C=O) groups is 3. The molecule has 0 bridgehead atoms. The van der Waals surface area contributed by atoms with Gasteiger partial charge in [-0.1, -0.05) is 115 Å². The maximum atomic E-state index is 13.4. The Morgan fingerprint density at radius 2 is 1.15 bits per heavy atom. The third kappa shape index (κ3) is 9.31. The normalized spacial score (nSPS) is 12.6. The number of aliphatic hydroxyl groups excluding tert-OH is 1. The Labute approximate surface area is 279 Å². The monoisotopic (exact) mass is 643 g/mol. The summed E-state index contributed by atoms with van der Waals surface area (Å²) < 4.78 is 12.3. The number of carbonyl (C=O) groups excluding carboxylic acids is 3. The molecule has 244 valence electrons. The molecule has 0 unspecified atom stereocenters. The molecule has 0 aliphatic carbocycles. The number of hydrogen-bond acceptors (Lipinski definition) is 6. The quantitative estimate of drug-likeness (QED) is 0.128. The van der Waals surface area contributed by atoms with Crippen LogP contribution >= 0.6 is 0 Å². The molecule has 5 aromatic carbocycles. The molecule has 3 atom stereocenters. The lowest BCUT2D eigenvalue weighted by molar-refractivity contribution is -0.134. The Kier molecular flexibility index (Phi) is 11.5. The van der Waals surface area contributed by atoms with Gasteiger partial charge in [0.1, 0.15) is 19.3 Å². The highest BCUT2D eigenvalue weighted by atomic mass is 16.5. The smallest absolute Gasteiger partial charge is 0.252 e. The summed E-state index contributed by atoms with van der Waals surface area (Å²) in [4.78, 5) is 39.0. The van der Waals surface area contributed by atoms with Crippen LogP contribution in [0.2, 0.25) is 0 Å². The number of rotatable bonds is 15. The van der Waals surface area contributed by atoms with Crippen molar-refractivity contribution < 1.29 is 29.0 Å². The van der Waals surface area contributed by atoms with Gasteiger partial charge in [0.25, 0.3) is 11.8 Å². The standard InChI is InChI=1S/C39H37N3O6/c40-37(44)32(41-39(46)36(43)35(30-17-9-3-10-18-30)42-38(45)31-19-11-4-12-20-31)23-29-21-22-33(47-25-27-13-5-1-6-14-27)34(24-29)48-26-28-15-7-2-8-16-28/h1-22,24,32,35-36,43H,23,25-26H2,(H2,40,44)(H,41,46)(H,42,45)/t32-,35-,36+/m0/s1. The topological polar surface area (TPSA) is 140 Å². The highest BCUT2D eigenvalue weighted by molar-refractivity contribution is 5.95. The van der Waals surface area contributed by atoms with Crippen molar-refractivity contribution in [1.29, 1.82) is 0 Å². The van der Waals surface area contributed by atoms with Crippen molar-refractivity contribution in [2.24, 2.45) is 5.73 Å². The number of nitrogens with one attached hydrogen (secondary N) is 2. The summed E-state index contributed by atoms with van der Waals surface area (Å²) in [5.74, 6) is -1.18. The summed E-state index contributed by atoms with van der Waals surface area (Å²) in [6.07, 6.45) is -1.72. The Hall–Kier alpha value is -5.93. The maximum Gasteiger partial charge on any atom is 0.252 e. The molecule has 0 fully saturated rings. The molecule has 0 aliphatic heterocycles. The van der Waals surface area contributed by atoms with Gasteiger partial charge in [0.15, 0.2) is 17.6 Å². The molecule has 48 heavy (non-hydrogen) atoms. The average Bonchev–Trinajstić information content (AvgIpc) is 3.13. The van der Waals surface area contributed by atoms with Crippen molar-refractivity contribution in [2.45, 2.75) is 37.8 Å². The molecule has 0 spiro atoms. The fourth-order valence-corrected chi connectivity index (χ4v) is 5.07. The number of ether oxygens (including phenoxy) is 2. The second-order valence-electron chi connectivity index (χ2n) is 11.2. The number of amides is 3.